The molecule has 2 rings (SSSR count). The molecule has 0 saturated carbocycles. The van der Waals surface area contributed by atoms with Crippen molar-refractivity contribution in [2.24, 2.45) is 0 Å². The zero-order valence-electron chi connectivity index (χ0n) is 13.8. The third-order valence-corrected chi connectivity index (χ3v) is 3.12. The summed E-state index contributed by atoms with van der Waals surface area (Å²) in [7, 11) is 0. The second-order valence-electron chi connectivity index (χ2n) is 5.39. The van der Waals surface area contributed by atoms with Gasteiger partial charge in [-0.25, -0.2) is 4.98 Å². The van der Waals surface area contributed by atoms with Crippen molar-refractivity contribution in [1.82, 2.24) is 9.97 Å². The van der Waals surface area contributed by atoms with Crippen LogP contribution in [0, 0.1) is 6.92 Å². The van der Waals surface area contributed by atoms with Crippen molar-refractivity contribution in [1.29, 1.82) is 0 Å². The lowest BCUT2D eigenvalue weighted by Gasteiger charge is -2.11. The van der Waals surface area contributed by atoms with Gasteiger partial charge in [0.05, 0.1) is 0 Å². The maximum atomic E-state index is 11.1. The van der Waals surface area contributed by atoms with E-state index < -0.39 is 0 Å². The monoisotopic (exact) mass is 313 g/mol. The lowest BCUT2D eigenvalue weighted by Crippen LogP contribution is -2.08. The van der Waals surface area contributed by atoms with Crippen LogP contribution in [0.2, 0.25) is 0 Å². The molecule has 23 heavy (non-hydrogen) atoms. The molecule has 6 nitrogen and oxygen atoms in total. The Morgan fingerprint density at radius 1 is 1.17 bits per heavy atom. The first kappa shape index (κ1) is 16.7. The molecular formula is C17H23N5O. The molecule has 0 radical (unpaired) electrons. The van der Waals surface area contributed by atoms with Crippen LogP contribution in [-0.2, 0) is 4.79 Å². The number of anilines is 4. The zero-order chi connectivity index (χ0) is 16.7. The van der Waals surface area contributed by atoms with Crippen molar-refractivity contribution in [2.45, 2.75) is 33.6 Å². The number of unbranched alkanes of at least 4 members (excludes halogenated alkanes) is 1. The summed E-state index contributed by atoms with van der Waals surface area (Å²) in [5.74, 6) is 1.25. The Hall–Kier alpha value is -2.63. The third kappa shape index (κ3) is 5.58. The Morgan fingerprint density at radius 3 is 2.70 bits per heavy atom. The molecule has 0 aliphatic heterocycles. The number of amides is 1. The first-order valence-electron chi connectivity index (χ1n) is 7.81. The fraction of sp³-hybridized carbons (Fsp3) is 0.353. The van der Waals surface area contributed by atoms with Gasteiger partial charge in [0.15, 0.2) is 0 Å². The van der Waals surface area contributed by atoms with Crippen LogP contribution in [0.25, 0.3) is 0 Å². The standard InChI is InChI=1S/C17H23N5O/c1-4-5-9-18-17-19-12(2)10-16(22-17)21-15-8-6-7-14(11-15)20-13(3)23/h6-8,10-11H,4-5,9H2,1-3H3,(H,20,23)(H2,18,19,21,22). The van der Waals surface area contributed by atoms with E-state index in [0.29, 0.717) is 5.95 Å². The number of aryl methyl sites for hydroxylation is 1. The van der Waals surface area contributed by atoms with Crippen molar-refractivity contribution >= 4 is 29.0 Å². The van der Waals surface area contributed by atoms with E-state index in [2.05, 4.69) is 32.8 Å². The highest BCUT2D eigenvalue weighted by molar-refractivity contribution is 5.89. The minimum atomic E-state index is -0.0950. The molecule has 0 aliphatic carbocycles. The number of nitrogens with zero attached hydrogens (tertiary/aromatic N) is 2. The van der Waals surface area contributed by atoms with Crippen LogP contribution in [0.3, 0.4) is 0 Å². The Labute approximate surface area is 136 Å². The molecule has 1 amide bonds. The Morgan fingerprint density at radius 2 is 1.96 bits per heavy atom. The molecule has 1 aromatic heterocycles. The normalized spacial score (nSPS) is 10.2. The van der Waals surface area contributed by atoms with E-state index in [1.54, 1.807) is 0 Å². The number of benzene rings is 1. The predicted molar refractivity (Wildman–Crippen MR) is 94.2 cm³/mol. The van der Waals surface area contributed by atoms with Crippen molar-refractivity contribution in [3.05, 3.63) is 36.0 Å². The molecule has 122 valence electrons. The molecule has 0 spiro atoms. The number of nitrogens with one attached hydrogen (secondary N) is 3. The molecule has 0 aliphatic rings. The highest BCUT2D eigenvalue weighted by Gasteiger charge is 2.04. The molecule has 0 unspecified atom stereocenters. The summed E-state index contributed by atoms with van der Waals surface area (Å²) in [5, 5.41) is 9.24. The van der Waals surface area contributed by atoms with Crippen molar-refractivity contribution in [3.63, 3.8) is 0 Å². The van der Waals surface area contributed by atoms with Crippen molar-refractivity contribution < 1.29 is 4.79 Å². The largest absolute Gasteiger partial charge is 0.354 e. The van der Waals surface area contributed by atoms with E-state index in [4.69, 9.17) is 0 Å². The van der Waals surface area contributed by atoms with Crippen LogP contribution in [0.1, 0.15) is 32.4 Å². The second kappa shape index (κ2) is 8.12. The van der Waals surface area contributed by atoms with Gasteiger partial charge < -0.3 is 16.0 Å². The lowest BCUT2D eigenvalue weighted by atomic mass is 10.2. The van der Waals surface area contributed by atoms with Gasteiger partial charge in [0.1, 0.15) is 5.82 Å². The molecule has 0 atom stereocenters. The summed E-state index contributed by atoms with van der Waals surface area (Å²) in [6.07, 6.45) is 2.21. The Kier molecular flexibility index (Phi) is 5.91. The summed E-state index contributed by atoms with van der Waals surface area (Å²) >= 11 is 0. The van der Waals surface area contributed by atoms with Gasteiger partial charge in [-0.2, -0.15) is 4.98 Å². The SMILES string of the molecule is CCCCNc1nc(C)cc(Nc2cccc(NC(C)=O)c2)n1. The first-order valence-corrected chi connectivity index (χ1v) is 7.81. The van der Waals surface area contributed by atoms with Crippen molar-refractivity contribution in [2.75, 3.05) is 22.5 Å². The molecule has 0 bridgehead atoms. The Balaban J connectivity index is 2.11. The molecule has 0 saturated heterocycles. The maximum absolute atomic E-state index is 11.1. The lowest BCUT2D eigenvalue weighted by molar-refractivity contribution is -0.114. The van der Waals surface area contributed by atoms with Crippen LogP contribution < -0.4 is 16.0 Å². The number of hydrogen-bond donors (Lipinski definition) is 3. The molecule has 6 heteroatoms. The van der Waals surface area contributed by atoms with Crippen molar-refractivity contribution in [3.8, 4) is 0 Å². The second-order valence-corrected chi connectivity index (χ2v) is 5.39. The van der Waals surface area contributed by atoms with E-state index >= 15 is 0 Å². The zero-order valence-corrected chi connectivity index (χ0v) is 13.8. The fourth-order valence-electron chi connectivity index (χ4n) is 2.11. The number of aromatic nitrogens is 2. The minimum absolute atomic E-state index is 0.0950. The van der Waals surface area contributed by atoms with Crippen LogP contribution in [0.4, 0.5) is 23.1 Å². The van der Waals surface area contributed by atoms with E-state index in [1.165, 1.54) is 6.92 Å². The first-order chi connectivity index (χ1) is 11.1. The summed E-state index contributed by atoms with van der Waals surface area (Å²) in [4.78, 5) is 20.0. The minimum Gasteiger partial charge on any atom is -0.354 e. The summed E-state index contributed by atoms with van der Waals surface area (Å²) in [6.45, 7) is 6.43. The van der Waals surface area contributed by atoms with Gasteiger partial charge >= 0.3 is 0 Å². The van der Waals surface area contributed by atoms with Crippen LogP contribution in [-0.4, -0.2) is 22.4 Å². The van der Waals surface area contributed by atoms with Gasteiger partial charge in [-0.05, 0) is 31.5 Å². The van der Waals surface area contributed by atoms with Gasteiger partial charge in [0.25, 0.3) is 0 Å². The summed E-state index contributed by atoms with van der Waals surface area (Å²) in [5.41, 5.74) is 2.49. The van der Waals surface area contributed by atoms with E-state index in [9.17, 15) is 4.79 Å². The number of rotatable bonds is 7. The molecule has 1 heterocycles. The van der Waals surface area contributed by atoms with Gasteiger partial charge in [-0.15, -0.1) is 0 Å². The number of carbonyl (C=O) groups is 1. The van der Waals surface area contributed by atoms with Crippen LogP contribution >= 0.6 is 0 Å². The maximum Gasteiger partial charge on any atom is 0.224 e. The quantitative estimate of drug-likeness (QED) is 0.679. The Bertz CT molecular complexity index is 672. The number of hydrogen-bond acceptors (Lipinski definition) is 5. The molecule has 3 N–H and O–H groups in total. The molecule has 0 fully saturated rings. The summed E-state index contributed by atoms with van der Waals surface area (Å²) in [6, 6.07) is 9.39. The van der Waals surface area contributed by atoms with E-state index in [0.717, 1.165) is 42.3 Å². The third-order valence-electron chi connectivity index (χ3n) is 3.12. The van der Waals surface area contributed by atoms with E-state index in [1.807, 2.05) is 37.3 Å². The average Bonchev–Trinajstić information content (AvgIpc) is 2.46. The molecular weight excluding hydrogens is 290 g/mol. The predicted octanol–water partition coefficient (Wildman–Crippen LogP) is 3.70. The van der Waals surface area contributed by atoms with Crippen LogP contribution in [0.15, 0.2) is 30.3 Å². The average molecular weight is 313 g/mol. The highest BCUT2D eigenvalue weighted by Crippen LogP contribution is 2.20. The summed E-state index contributed by atoms with van der Waals surface area (Å²) < 4.78 is 0. The smallest absolute Gasteiger partial charge is 0.224 e. The van der Waals surface area contributed by atoms with Gasteiger partial charge in [0.2, 0.25) is 11.9 Å². The van der Waals surface area contributed by atoms with Gasteiger partial charge in [-0.1, -0.05) is 19.4 Å². The highest BCUT2D eigenvalue weighted by atomic mass is 16.1. The molecule has 2 aromatic rings. The number of carbonyl (C=O) groups excluding carboxylic acids is 1. The topological polar surface area (TPSA) is 78.9 Å². The van der Waals surface area contributed by atoms with Gasteiger partial charge in [-0.3, -0.25) is 4.79 Å². The molecule has 1 aromatic carbocycles. The van der Waals surface area contributed by atoms with Gasteiger partial charge in [0, 0.05) is 36.6 Å². The fourth-order valence-corrected chi connectivity index (χ4v) is 2.11. The van der Waals surface area contributed by atoms with Crippen LogP contribution in [0.5, 0.6) is 0 Å². The van der Waals surface area contributed by atoms with E-state index in [-0.39, 0.29) is 5.91 Å².